The smallest absolute Gasteiger partial charge is 0.337 e. The molecule has 7 nitrogen and oxygen atoms in total. The van der Waals surface area contributed by atoms with E-state index in [1.165, 1.54) is 13.4 Å². The molecule has 0 aromatic heterocycles. The molecule has 4 atom stereocenters. The van der Waals surface area contributed by atoms with Gasteiger partial charge in [0.1, 0.15) is 11.4 Å². The van der Waals surface area contributed by atoms with Crippen molar-refractivity contribution in [3.63, 3.8) is 0 Å². The first kappa shape index (κ1) is 20.9. The van der Waals surface area contributed by atoms with Gasteiger partial charge in [-0.3, -0.25) is 9.89 Å². The van der Waals surface area contributed by atoms with Crippen LogP contribution in [0.3, 0.4) is 0 Å². The van der Waals surface area contributed by atoms with E-state index in [4.69, 9.17) is 19.2 Å². The first-order valence-corrected chi connectivity index (χ1v) is 10.5. The van der Waals surface area contributed by atoms with Gasteiger partial charge < -0.3 is 19.3 Å². The lowest BCUT2D eigenvalue weighted by molar-refractivity contribution is -0.137. The summed E-state index contributed by atoms with van der Waals surface area (Å²) in [6.07, 6.45) is 3.71. The number of carbonyl (C=O) groups is 1. The standard InChI is InChI=1S/C23H30N2O5/c1-5-14-12-25-10-9-23(27)20-17(7-6-8-19(20)29-3)24-21(23)18(25)11-15(14)16(13-28-2)22(26)30-4/h6-8,13-15,18,27H,5,9-12H2,1-4H3/b16-13-/t14-,15+,18+,23+/m0/s1. The van der Waals surface area contributed by atoms with Crippen LogP contribution in [0.5, 0.6) is 5.75 Å². The number of aliphatic hydroxyl groups is 1. The zero-order valence-electron chi connectivity index (χ0n) is 18.1. The topological polar surface area (TPSA) is 80.6 Å². The number of piperidine rings is 2. The van der Waals surface area contributed by atoms with E-state index in [1.807, 2.05) is 18.2 Å². The molecule has 4 rings (SSSR count). The molecule has 2 fully saturated rings. The molecular formula is C23H30N2O5. The Morgan fingerprint density at radius 1 is 1.37 bits per heavy atom. The van der Waals surface area contributed by atoms with E-state index in [1.54, 1.807) is 14.2 Å². The predicted octanol–water partition coefficient (Wildman–Crippen LogP) is 2.79. The molecule has 7 heteroatoms. The predicted molar refractivity (Wildman–Crippen MR) is 113 cm³/mol. The monoisotopic (exact) mass is 414 g/mol. The number of ether oxygens (including phenoxy) is 3. The van der Waals surface area contributed by atoms with E-state index in [2.05, 4.69) is 11.8 Å². The molecule has 3 aliphatic heterocycles. The van der Waals surface area contributed by atoms with Crippen LogP contribution < -0.4 is 4.74 Å². The fourth-order valence-electron chi connectivity index (χ4n) is 5.45. The van der Waals surface area contributed by atoms with Gasteiger partial charge in [-0.2, -0.15) is 0 Å². The lowest BCUT2D eigenvalue weighted by Gasteiger charge is -2.50. The quantitative estimate of drug-likeness (QED) is 0.453. The summed E-state index contributed by atoms with van der Waals surface area (Å²) < 4.78 is 15.8. The average Bonchev–Trinajstić information content (AvgIpc) is 3.09. The zero-order valence-corrected chi connectivity index (χ0v) is 18.1. The lowest BCUT2D eigenvalue weighted by Crippen LogP contribution is -2.60. The molecule has 30 heavy (non-hydrogen) atoms. The van der Waals surface area contributed by atoms with Gasteiger partial charge in [-0.05, 0) is 36.8 Å². The first-order valence-electron chi connectivity index (χ1n) is 10.5. The van der Waals surface area contributed by atoms with Crippen LogP contribution in [0.25, 0.3) is 0 Å². The largest absolute Gasteiger partial charge is 0.504 e. The highest BCUT2D eigenvalue weighted by molar-refractivity contribution is 6.05. The number of methoxy groups -OCH3 is 3. The molecule has 2 saturated heterocycles. The molecular weight excluding hydrogens is 384 g/mol. The Kier molecular flexibility index (Phi) is 5.59. The maximum absolute atomic E-state index is 12.5. The van der Waals surface area contributed by atoms with E-state index in [0.717, 1.165) is 36.5 Å². The second kappa shape index (κ2) is 8.04. The highest BCUT2D eigenvalue weighted by Crippen LogP contribution is 2.51. The van der Waals surface area contributed by atoms with E-state index in [0.29, 0.717) is 30.1 Å². The number of carbonyl (C=O) groups excluding carboxylic acids is 1. The highest BCUT2D eigenvalue weighted by atomic mass is 16.5. The Bertz CT molecular complexity index is 896. The van der Waals surface area contributed by atoms with Gasteiger partial charge in [0.05, 0.1) is 56.2 Å². The fraction of sp³-hybridized carbons (Fsp3) is 0.565. The molecule has 0 radical (unpaired) electrons. The average molecular weight is 415 g/mol. The molecule has 0 bridgehead atoms. The first-order chi connectivity index (χ1) is 14.5. The summed E-state index contributed by atoms with van der Waals surface area (Å²) in [5.41, 5.74) is 1.70. The van der Waals surface area contributed by atoms with Crippen LogP contribution in [-0.2, 0) is 19.9 Å². The minimum Gasteiger partial charge on any atom is -0.504 e. The summed E-state index contributed by atoms with van der Waals surface area (Å²) in [6.45, 7) is 3.75. The van der Waals surface area contributed by atoms with Crippen molar-refractivity contribution in [1.82, 2.24) is 4.90 Å². The molecule has 0 unspecified atom stereocenters. The number of hydrogen-bond acceptors (Lipinski definition) is 7. The van der Waals surface area contributed by atoms with Crippen molar-refractivity contribution in [2.75, 3.05) is 34.4 Å². The van der Waals surface area contributed by atoms with Crippen molar-refractivity contribution in [3.05, 3.63) is 35.6 Å². The van der Waals surface area contributed by atoms with Crippen molar-refractivity contribution in [1.29, 1.82) is 0 Å². The van der Waals surface area contributed by atoms with Crippen molar-refractivity contribution >= 4 is 17.4 Å². The van der Waals surface area contributed by atoms with Gasteiger partial charge in [0.15, 0.2) is 0 Å². The summed E-state index contributed by atoms with van der Waals surface area (Å²) in [5, 5.41) is 11.8. The molecule has 0 spiro atoms. The fourth-order valence-corrected chi connectivity index (χ4v) is 5.45. The summed E-state index contributed by atoms with van der Waals surface area (Å²) >= 11 is 0. The molecule has 0 saturated carbocycles. The third-order valence-corrected chi connectivity index (χ3v) is 6.92. The SMILES string of the molecule is CC[C@H]1CN2CC[C@]3(O)C(=Nc4cccc(OC)c43)[C@H]2C[C@H]1/C(=C/OC)C(=O)OC. The van der Waals surface area contributed by atoms with Gasteiger partial charge in [0, 0.05) is 13.1 Å². The minimum atomic E-state index is -1.14. The molecule has 162 valence electrons. The van der Waals surface area contributed by atoms with Gasteiger partial charge in [-0.25, -0.2) is 4.79 Å². The van der Waals surface area contributed by atoms with Gasteiger partial charge >= 0.3 is 5.97 Å². The number of nitrogens with zero attached hydrogens (tertiary/aromatic N) is 2. The van der Waals surface area contributed by atoms with Crippen LogP contribution >= 0.6 is 0 Å². The zero-order chi connectivity index (χ0) is 21.5. The van der Waals surface area contributed by atoms with Gasteiger partial charge in [-0.15, -0.1) is 0 Å². The third kappa shape index (κ3) is 3.11. The van der Waals surface area contributed by atoms with Crippen molar-refractivity contribution in [2.24, 2.45) is 16.8 Å². The van der Waals surface area contributed by atoms with Crippen LogP contribution in [0.15, 0.2) is 35.0 Å². The lowest BCUT2D eigenvalue weighted by atomic mass is 9.70. The van der Waals surface area contributed by atoms with Gasteiger partial charge in [-0.1, -0.05) is 19.4 Å². The normalized spacial score (nSPS) is 30.6. The number of fused-ring (bicyclic) bond motifs is 5. The molecule has 1 aromatic rings. The van der Waals surface area contributed by atoms with Crippen LogP contribution in [0, 0.1) is 11.8 Å². The van der Waals surface area contributed by atoms with Crippen LogP contribution in [0.4, 0.5) is 5.69 Å². The summed E-state index contributed by atoms with van der Waals surface area (Å²) in [7, 11) is 4.56. The summed E-state index contributed by atoms with van der Waals surface area (Å²) in [4.78, 5) is 19.8. The van der Waals surface area contributed by atoms with Crippen LogP contribution in [0.2, 0.25) is 0 Å². The van der Waals surface area contributed by atoms with Crippen molar-refractivity contribution < 1.29 is 24.1 Å². The Balaban J connectivity index is 1.72. The van der Waals surface area contributed by atoms with E-state index in [-0.39, 0.29) is 17.9 Å². The molecule has 0 aliphatic carbocycles. The molecule has 1 aromatic carbocycles. The maximum atomic E-state index is 12.5. The third-order valence-electron chi connectivity index (χ3n) is 6.92. The Labute approximate surface area is 177 Å². The molecule has 3 heterocycles. The van der Waals surface area contributed by atoms with Crippen LogP contribution in [-0.4, -0.2) is 62.1 Å². The number of rotatable bonds is 5. The molecule has 0 amide bonds. The Morgan fingerprint density at radius 2 is 2.17 bits per heavy atom. The Hall–Kier alpha value is -2.38. The molecule has 1 N–H and O–H groups in total. The number of benzene rings is 1. The van der Waals surface area contributed by atoms with E-state index >= 15 is 0 Å². The van der Waals surface area contributed by atoms with Gasteiger partial charge in [0.25, 0.3) is 0 Å². The van der Waals surface area contributed by atoms with Crippen molar-refractivity contribution in [2.45, 2.75) is 37.8 Å². The number of aliphatic imine (C=N–C) groups is 1. The van der Waals surface area contributed by atoms with Crippen molar-refractivity contribution in [3.8, 4) is 5.75 Å². The van der Waals surface area contributed by atoms with Crippen LogP contribution in [0.1, 0.15) is 31.7 Å². The highest BCUT2D eigenvalue weighted by Gasteiger charge is 2.54. The second-order valence-electron chi connectivity index (χ2n) is 8.28. The summed E-state index contributed by atoms with van der Waals surface area (Å²) in [6, 6.07) is 5.63. The minimum absolute atomic E-state index is 0.0284. The molecule has 3 aliphatic rings. The van der Waals surface area contributed by atoms with Gasteiger partial charge in [0.2, 0.25) is 0 Å². The number of esters is 1. The van der Waals surface area contributed by atoms with E-state index < -0.39 is 5.60 Å². The second-order valence-corrected chi connectivity index (χ2v) is 8.28. The number of hydrogen-bond donors (Lipinski definition) is 1. The maximum Gasteiger partial charge on any atom is 0.337 e. The summed E-state index contributed by atoms with van der Waals surface area (Å²) in [5.74, 6) is 0.569. The Morgan fingerprint density at radius 3 is 2.83 bits per heavy atom. The van der Waals surface area contributed by atoms with E-state index in [9.17, 15) is 9.90 Å².